The average molecular weight is 360 g/mol. The van der Waals surface area contributed by atoms with E-state index >= 15 is 0 Å². The maximum absolute atomic E-state index is 13.0. The van der Waals surface area contributed by atoms with Crippen molar-refractivity contribution in [3.63, 3.8) is 0 Å². The van der Waals surface area contributed by atoms with Crippen LogP contribution in [0.15, 0.2) is 42.5 Å². The molecule has 1 aromatic heterocycles. The maximum Gasteiger partial charge on any atom is 0.248 e. The lowest BCUT2D eigenvalue weighted by atomic mass is 10.2. The van der Waals surface area contributed by atoms with E-state index in [9.17, 15) is 14.0 Å². The van der Waals surface area contributed by atoms with Crippen LogP contribution in [-0.4, -0.2) is 42.5 Å². The molecule has 1 fully saturated rings. The Kier molecular flexibility index (Phi) is 5.25. The van der Waals surface area contributed by atoms with Gasteiger partial charge in [0.25, 0.3) is 0 Å². The fourth-order valence-corrected chi connectivity index (χ4v) is 3.41. The van der Waals surface area contributed by atoms with E-state index in [2.05, 4.69) is 0 Å². The smallest absolute Gasteiger partial charge is 0.248 e. The summed E-state index contributed by atoms with van der Waals surface area (Å²) in [6, 6.07) is 10.1. The summed E-state index contributed by atoms with van der Waals surface area (Å²) in [5, 5.41) is 0. The number of carbonyl (C=O) groups excluding carboxylic acids is 2. The molecular formula is C18H17FN2O3S. The molecule has 1 saturated heterocycles. The second-order valence-electron chi connectivity index (χ2n) is 5.59. The zero-order chi connectivity index (χ0) is 17.8. The Balaban J connectivity index is 1.65. The molecule has 5 nitrogen and oxygen atoms in total. The molecule has 130 valence electrons. The number of halogens is 1. The highest BCUT2D eigenvalue weighted by molar-refractivity contribution is 7.16. The Bertz CT molecular complexity index is 801. The van der Waals surface area contributed by atoms with Crippen LogP contribution in [0.1, 0.15) is 4.88 Å². The first kappa shape index (κ1) is 17.3. The summed E-state index contributed by atoms with van der Waals surface area (Å²) in [6.07, 6.45) is 2.45. The van der Waals surface area contributed by atoms with Gasteiger partial charge in [0.05, 0.1) is 13.2 Å². The van der Waals surface area contributed by atoms with Crippen LogP contribution in [0.25, 0.3) is 16.5 Å². The summed E-state index contributed by atoms with van der Waals surface area (Å²) in [5.41, 5.74) is 6.15. The highest BCUT2D eigenvalue weighted by Gasteiger charge is 2.26. The van der Waals surface area contributed by atoms with E-state index in [0.717, 1.165) is 15.3 Å². The summed E-state index contributed by atoms with van der Waals surface area (Å²) in [6.45, 7) is 0.892. The number of thiophene rings is 1. The van der Waals surface area contributed by atoms with Gasteiger partial charge < -0.3 is 15.4 Å². The van der Waals surface area contributed by atoms with Crippen LogP contribution in [0.4, 0.5) is 4.39 Å². The Morgan fingerprint density at radius 3 is 2.72 bits per heavy atom. The first-order chi connectivity index (χ1) is 12.0. The van der Waals surface area contributed by atoms with Crippen molar-refractivity contribution >= 4 is 29.2 Å². The molecule has 1 unspecified atom stereocenters. The minimum Gasteiger partial charge on any atom is -0.367 e. The molecule has 0 bridgehead atoms. The standard InChI is InChI=1S/C18H17FN2O3S/c19-13-3-1-12(2-4-13)16-7-5-14(25-16)6-8-17(22)21-9-10-24-15(11-21)18(20)23/h1-8,15H,9-11H2,(H2,20,23). The van der Waals surface area contributed by atoms with Gasteiger partial charge in [0.2, 0.25) is 11.8 Å². The van der Waals surface area contributed by atoms with E-state index in [0.29, 0.717) is 13.2 Å². The number of hydrogen-bond donors (Lipinski definition) is 1. The summed E-state index contributed by atoms with van der Waals surface area (Å²) in [7, 11) is 0. The fourth-order valence-electron chi connectivity index (χ4n) is 2.49. The van der Waals surface area contributed by atoms with Crippen LogP contribution in [-0.2, 0) is 14.3 Å². The number of ether oxygens (including phenoxy) is 1. The van der Waals surface area contributed by atoms with E-state index in [4.69, 9.17) is 10.5 Å². The van der Waals surface area contributed by atoms with Crippen molar-refractivity contribution in [1.29, 1.82) is 0 Å². The minimum absolute atomic E-state index is 0.170. The molecular weight excluding hydrogens is 343 g/mol. The van der Waals surface area contributed by atoms with Gasteiger partial charge in [0.1, 0.15) is 5.82 Å². The molecule has 0 spiro atoms. The van der Waals surface area contributed by atoms with Gasteiger partial charge in [-0.2, -0.15) is 0 Å². The molecule has 2 aromatic rings. The number of nitrogens with zero attached hydrogens (tertiary/aromatic N) is 1. The normalized spacial score (nSPS) is 17.8. The molecule has 2 N–H and O–H groups in total. The molecule has 2 amide bonds. The third-order valence-electron chi connectivity index (χ3n) is 3.84. The van der Waals surface area contributed by atoms with Gasteiger partial charge in [-0.3, -0.25) is 9.59 Å². The molecule has 1 aromatic carbocycles. The van der Waals surface area contributed by atoms with E-state index in [-0.39, 0.29) is 18.3 Å². The number of carbonyl (C=O) groups is 2. The lowest BCUT2D eigenvalue weighted by Crippen LogP contribution is -2.50. The van der Waals surface area contributed by atoms with Gasteiger partial charge in [-0.05, 0) is 35.9 Å². The number of nitrogens with two attached hydrogens (primary N) is 1. The predicted molar refractivity (Wildman–Crippen MR) is 94.3 cm³/mol. The zero-order valence-corrected chi connectivity index (χ0v) is 14.2. The average Bonchev–Trinajstić information content (AvgIpc) is 3.09. The van der Waals surface area contributed by atoms with Crippen LogP contribution in [0.2, 0.25) is 0 Å². The van der Waals surface area contributed by atoms with E-state index in [1.165, 1.54) is 29.5 Å². The number of rotatable bonds is 4. The highest BCUT2D eigenvalue weighted by atomic mass is 32.1. The largest absolute Gasteiger partial charge is 0.367 e. The highest BCUT2D eigenvalue weighted by Crippen LogP contribution is 2.29. The van der Waals surface area contributed by atoms with Crippen LogP contribution in [0, 0.1) is 5.82 Å². The SMILES string of the molecule is NC(=O)C1CN(C(=O)C=Cc2ccc(-c3ccc(F)cc3)s2)CCO1. The Morgan fingerprint density at radius 2 is 2.00 bits per heavy atom. The van der Waals surface area contributed by atoms with Gasteiger partial charge in [0.15, 0.2) is 6.10 Å². The molecule has 2 heterocycles. The Hall–Kier alpha value is -2.51. The van der Waals surface area contributed by atoms with Crippen LogP contribution in [0.5, 0.6) is 0 Å². The Morgan fingerprint density at radius 1 is 1.24 bits per heavy atom. The van der Waals surface area contributed by atoms with E-state index < -0.39 is 12.0 Å². The molecule has 25 heavy (non-hydrogen) atoms. The van der Waals surface area contributed by atoms with E-state index in [1.54, 1.807) is 23.1 Å². The van der Waals surface area contributed by atoms with Gasteiger partial charge in [-0.15, -0.1) is 11.3 Å². The Labute approximate surface area is 148 Å². The third kappa shape index (κ3) is 4.32. The lowest BCUT2D eigenvalue weighted by Gasteiger charge is -2.30. The number of benzene rings is 1. The lowest BCUT2D eigenvalue weighted by molar-refractivity contribution is -0.142. The predicted octanol–water partition coefficient (Wildman–Crippen LogP) is 2.28. The minimum atomic E-state index is -0.752. The summed E-state index contributed by atoms with van der Waals surface area (Å²) in [4.78, 5) is 26.9. The van der Waals surface area contributed by atoms with Crippen LogP contribution >= 0.6 is 11.3 Å². The first-order valence-corrected chi connectivity index (χ1v) is 8.58. The first-order valence-electron chi connectivity index (χ1n) is 7.76. The number of morpholine rings is 1. The monoisotopic (exact) mass is 360 g/mol. The molecule has 1 aliphatic heterocycles. The van der Waals surface area contributed by atoms with Crippen LogP contribution < -0.4 is 5.73 Å². The fraction of sp³-hybridized carbons (Fsp3) is 0.222. The molecule has 3 rings (SSSR count). The summed E-state index contributed by atoms with van der Waals surface area (Å²) >= 11 is 1.51. The van der Waals surface area contributed by atoms with Gasteiger partial charge in [-0.1, -0.05) is 12.1 Å². The van der Waals surface area contributed by atoms with Crippen molar-refractivity contribution in [2.24, 2.45) is 5.73 Å². The number of primary amides is 1. The summed E-state index contributed by atoms with van der Waals surface area (Å²) < 4.78 is 18.2. The number of hydrogen-bond acceptors (Lipinski definition) is 4. The molecule has 0 radical (unpaired) electrons. The molecule has 0 saturated carbocycles. The second-order valence-corrected chi connectivity index (χ2v) is 6.70. The molecule has 7 heteroatoms. The van der Waals surface area contributed by atoms with Gasteiger partial charge in [0, 0.05) is 22.4 Å². The van der Waals surface area contributed by atoms with Crippen molar-refractivity contribution in [2.45, 2.75) is 6.10 Å². The molecule has 1 aliphatic rings. The third-order valence-corrected chi connectivity index (χ3v) is 4.94. The maximum atomic E-state index is 13.0. The van der Waals surface area contributed by atoms with Crippen molar-refractivity contribution in [3.05, 3.63) is 53.2 Å². The second kappa shape index (κ2) is 7.58. The van der Waals surface area contributed by atoms with Crippen molar-refractivity contribution in [1.82, 2.24) is 4.90 Å². The molecule has 1 atom stereocenters. The van der Waals surface area contributed by atoms with Crippen molar-refractivity contribution in [3.8, 4) is 10.4 Å². The van der Waals surface area contributed by atoms with Gasteiger partial charge >= 0.3 is 0 Å². The van der Waals surface area contributed by atoms with Gasteiger partial charge in [-0.25, -0.2) is 4.39 Å². The van der Waals surface area contributed by atoms with Crippen molar-refractivity contribution in [2.75, 3.05) is 19.7 Å². The quantitative estimate of drug-likeness (QED) is 0.850. The van der Waals surface area contributed by atoms with Crippen LogP contribution in [0.3, 0.4) is 0 Å². The number of amides is 2. The van der Waals surface area contributed by atoms with Crippen molar-refractivity contribution < 1.29 is 18.7 Å². The topological polar surface area (TPSA) is 72.6 Å². The van der Waals surface area contributed by atoms with E-state index in [1.807, 2.05) is 12.1 Å². The zero-order valence-electron chi connectivity index (χ0n) is 13.4. The molecule has 0 aliphatic carbocycles. The summed E-state index contributed by atoms with van der Waals surface area (Å²) in [5.74, 6) is -1.03.